The second-order valence-corrected chi connectivity index (χ2v) is 7.85. The highest BCUT2D eigenvalue weighted by Crippen LogP contribution is 2.28. The van der Waals surface area contributed by atoms with E-state index in [0.717, 1.165) is 48.3 Å². The van der Waals surface area contributed by atoms with E-state index in [1.807, 2.05) is 41.8 Å². The van der Waals surface area contributed by atoms with E-state index in [0.29, 0.717) is 11.1 Å². The van der Waals surface area contributed by atoms with Crippen LogP contribution in [0.4, 0.5) is 11.1 Å². The normalized spacial score (nSPS) is 15.0. The summed E-state index contributed by atoms with van der Waals surface area (Å²) >= 11 is 1.43. The van der Waals surface area contributed by atoms with Crippen molar-refractivity contribution >= 4 is 39.5 Å². The Balaban J connectivity index is 1.20. The summed E-state index contributed by atoms with van der Waals surface area (Å²) in [5, 5.41) is 5.52. The van der Waals surface area contributed by atoms with E-state index in [9.17, 15) is 4.79 Å². The molecule has 1 aliphatic rings. The predicted octanol–water partition coefficient (Wildman–Crippen LogP) is 4.20. The van der Waals surface area contributed by atoms with Crippen molar-refractivity contribution in [1.29, 1.82) is 0 Å². The third-order valence-corrected chi connectivity index (χ3v) is 5.87. The molecule has 1 N–H and O–H groups in total. The molecule has 7 nitrogen and oxygen atoms in total. The summed E-state index contributed by atoms with van der Waals surface area (Å²) < 4.78 is 5.84. The van der Waals surface area contributed by atoms with Crippen molar-refractivity contribution in [3.8, 4) is 11.3 Å². The van der Waals surface area contributed by atoms with Crippen LogP contribution in [0, 0.1) is 5.92 Å². The Morgan fingerprint density at radius 2 is 2.00 bits per heavy atom. The number of anilines is 2. The van der Waals surface area contributed by atoms with Crippen LogP contribution in [0.5, 0.6) is 0 Å². The zero-order valence-electron chi connectivity index (χ0n) is 15.6. The number of aromatic nitrogens is 3. The van der Waals surface area contributed by atoms with Crippen molar-refractivity contribution in [3.05, 3.63) is 54.2 Å². The first-order valence-corrected chi connectivity index (χ1v) is 10.4. The van der Waals surface area contributed by atoms with Crippen LogP contribution in [0.1, 0.15) is 12.8 Å². The summed E-state index contributed by atoms with van der Waals surface area (Å²) in [5.41, 5.74) is 3.41. The second-order valence-electron chi connectivity index (χ2n) is 6.99. The number of benzene rings is 1. The number of nitrogens with zero attached hydrogens (tertiary/aromatic N) is 4. The largest absolute Gasteiger partial charge is 0.423 e. The lowest BCUT2D eigenvalue weighted by Gasteiger charge is -2.29. The van der Waals surface area contributed by atoms with Gasteiger partial charge in [-0.1, -0.05) is 12.1 Å². The quantitative estimate of drug-likeness (QED) is 0.548. The molecule has 4 aromatic rings. The minimum atomic E-state index is -0.0404. The van der Waals surface area contributed by atoms with E-state index in [-0.39, 0.29) is 11.8 Å². The Morgan fingerprint density at radius 1 is 1.14 bits per heavy atom. The highest BCUT2D eigenvalue weighted by atomic mass is 32.1. The average molecular weight is 405 g/mol. The van der Waals surface area contributed by atoms with E-state index in [1.165, 1.54) is 11.3 Å². The lowest BCUT2D eigenvalue weighted by atomic mass is 9.96. The zero-order valence-corrected chi connectivity index (χ0v) is 16.4. The SMILES string of the molecule is O=C(Nc1nc(-c2cccnc2)cs1)C1CCN(c2nc3ccccc3o2)CC1. The van der Waals surface area contributed by atoms with Crippen molar-refractivity contribution < 1.29 is 9.21 Å². The maximum atomic E-state index is 12.7. The molecule has 1 aromatic carbocycles. The molecule has 146 valence electrons. The summed E-state index contributed by atoms with van der Waals surface area (Å²) in [5.74, 6) is -0.0179. The maximum absolute atomic E-state index is 12.7. The molecular formula is C21H19N5O2S. The molecule has 0 spiro atoms. The number of carbonyl (C=O) groups is 1. The van der Waals surface area contributed by atoms with Gasteiger partial charge >= 0.3 is 0 Å². The van der Waals surface area contributed by atoms with E-state index in [1.54, 1.807) is 12.4 Å². The number of nitrogens with one attached hydrogen (secondary N) is 1. The lowest BCUT2D eigenvalue weighted by Crippen LogP contribution is -2.38. The molecule has 5 rings (SSSR count). The number of hydrogen-bond acceptors (Lipinski definition) is 7. The van der Waals surface area contributed by atoms with E-state index in [4.69, 9.17) is 4.42 Å². The van der Waals surface area contributed by atoms with Gasteiger partial charge in [0.25, 0.3) is 6.01 Å². The maximum Gasteiger partial charge on any atom is 0.298 e. The molecule has 1 aliphatic heterocycles. The van der Waals surface area contributed by atoms with Crippen LogP contribution in [0.3, 0.4) is 0 Å². The van der Waals surface area contributed by atoms with E-state index >= 15 is 0 Å². The van der Waals surface area contributed by atoms with Gasteiger partial charge in [-0.3, -0.25) is 9.78 Å². The van der Waals surface area contributed by atoms with Crippen molar-refractivity contribution in [2.45, 2.75) is 12.8 Å². The number of amides is 1. The summed E-state index contributed by atoms with van der Waals surface area (Å²) in [6, 6.07) is 12.2. The van der Waals surface area contributed by atoms with Gasteiger partial charge in [-0.15, -0.1) is 11.3 Å². The number of rotatable bonds is 4. The number of fused-ring (bicyclic) bond motifs is 1. The van der Waals surface area contributed by atoms with E-state index in [2.05, 4.69) is 25.2 Å². The fourth-order valence-electron chi connectivity index (χ4n) is 3.51. The van der Waals surface area contributed by atoms with Gasteiger partial charge in [0.1, 0.15) is 5.52 Å². The molecule has 8 heteroatoms. The molecule has 0 radical (unpaired) electrons. The van der Waals surface area contributed by atoms with Crippen molar-refractivity contribution in [2.24, 2.45) is 5.92 Å². The topological polar surface area (TPSA) is 84.2 Å². The molecule has 0 aliphatic carbocycles. The first-order chi connectivity index (χ1) is 14.3. The minimum Gasteiger partial charge on any atom is -0.423 e. The smallest absolute Gasteiger partial charge is 0.298 e. The summed E-state index contributed by atoms with van der Waals surface area (Å²) in [7, 11) is 0. The van der Waals surface area contributed by atoms with Gasteiger partial charge in [-0.25, -0.2) is 4.98 Å². The Morgan fingerprint density at radius 3 is 2.79 bits per heavy atom. The number of thiazole rings is 1. The molecule has 1 fully saturated rings. The van der Waals surface area contributed by atoms with Gasteiger partial charge in [0.15, 0.2) is 10.7 Å². The second kappa shape index (κ2) is 7.63. The Kier molecular flexibility index (Phi) is 4.69. The summed E-state index contributed by atoms with van der Waals surface area (Å²) in [6.07, 6.45) is 5.01. The average Bonchev–Trinajstić information content (AvgIpc) is 3.41. The number of para-hydroxylation sites is 2. The van der Waals surface area contributed by atoms with Gasteiger partial charge in [0.05, 0.1) is 5.69 Å². The fraction of sp³-hybridized carbons (Fsp3) is 0.238. The highest BCUT2D eigenvalue weighted by Gasteiger charge is 2.27. The summed E-state index contributed by atoms with van der Waals surface area (Å²) in [6.45, 7) is 1.48. The first kappa shape index (κ1) is 17.8. The molecule has 1 saturated heterocycles. The Bertz CT molecular complexity index is 1100. The molecule has 0 saturated carbocycles. The van der Waals surface area contributed by atoms with Crippen LogP contribution in [-0.2, 0) is 4.79 Å². The Labute approximate surface area is 171 Å². The van der Waals surface area contributed by atoms with Crippen LogP contribution < -0.4 is 10.2 Å². The number of carbonyl (C=O) groups excluding carboxylic acids is 1. The molecular weight excluding hydrogens is 386 g/mol. The highest BCUT2D eigenvalue weighted by molar-refractivity contribution is 7.14. The zero-order chi connectivity index (χ0) is 19.6. The van der Waals surface area contributed by atoms with Crippen molar-refractivity contribution in [2.75, 3.05) is 23.3 Å². The van der Waals surface area contributed by atoms with Crippen molar-refractivity contribution in [1.82, 2.24) is 15.0 Å². The van der Waals surface area contributed by atoms with Gasteiger partial charge in [-0.05, 0) is 37.1 Å². The predicted molar refractivity (Wildman–Crippen MR) is 113 cm³/mol. The van der Waals surface area contributed by atoms with Gasteiger partial charge in [0.2, 0.25) is 5.91 Å². The molecule has 1 amide bonds. The first-order valence-electron chi connectivity index (χ1n) is 9.53. The van der Waals surface area contributed by atoms with E-state index < -0.39 is 0 Å². The number of oxazole rings is 1. The van der Waals surface area contributed by atoms with Crippen LogP contribution in [0.2, 0.25) is 0 Å². The van der Waals surface area contributed by atoms with Gasteiger partial charge in [0, 0.05) is 42.3 Å². The summed E-state index contributed by atoms with van der Waals surface area (Å²) in [4.78, 5) is 28.0. The van der Waals surface area contributed by atoms with Gasteiger partial charge < -0.3 is 14.6 Å². The number of piperidine rings is 1. The molecule has 3 aromatic heterocycles. The third kappa shape index (κ3) is 3.71. The molecule has 0 bridgehead atoms. The standard InChI is InChI=1S/C21H19N5O2S/c27-19(25-20-23-17(13-29-20)15-4-3-9-22-12-15)14-7-10-26(11-8-14)21-24-16-5-1-2-6-18(16)28-21/h1-6,9,12-14H,7-8,10-11H2,(H,23,25,27). The van der Waals surface area contributed by atoms with Crippen LogP contribution >= 0.6 is 11.3 Å². The van der Waals surface area contributed by atoms with Crippen LogP contribution in [-0.4, -0.2) is 33.9 Å². The van der Waals surface area contributed by atoms with Gasteiger partial charge in [-0.2, -0.15) is 4.98 Å². The van der Waals surface area contributed by atoms with Crippen molar-refractivity contribution in [3.63, 3.8) is 0 Å². The number of pyridine rings is 1. The van der Waals surface area contributed by atoms with Crippen LogP contribution in [0.15, 0.2) is 58.6 Å². The molecule has 4 heterocycles. The molecule has 0 unspecified atom stereocenters. The third-order valence-electron chi connectivity index (χ3n) is 5.11. The Hall–Kier alpha value is -3.26. The fourth-order valence-corrected chi connectivity index (χ4v) is 4.24. The molecule has 0 atom stereocenters. The minimum absolute atomic E-state index is 0.0225. The molecule has 29 heavy (non-hydrogen) atoms. The number of hydrogen-bond donors (Lipinski definition) is 1. The monoisotopic (exact) mass is 405 g/mol. The lowest BCUT2D eigenvalue weighted by molar-refractivity contribution is -0.120. The van der Waals surface area contributed by atoms with Crippen LogP contribution in [0.25, 0.3) is 22.4 Å².